The van der Waals surface area contributed by atoms with Crippen molar-refractivity contribution in [3.05, 3.63) is 0 Å². The molecule has 0 aromatic carbocycles. The number of amides is 1. The van der Waals surface area contributed by atoms with E-state index in [0.29, 0.717) is 18.8 Å². The highest BCUT2D eigenvalue weighted by atomic mass is 19.4. The Kier molecular flexibility index (Phi) is 3.99. The lowest BCUT2D eigenvalue weighted by atomic mass is 9.84. The van der Waals surface area contributed by atoms with Crippen LogP contribution in [0.3, 0.4) is 0 Å². The van der Waals surface area contributed by atoms with Gasteiger partial charge in [0.2, 0.25) is 0 Å². The number of carbonyl (C=O) groups excluding carboxylic acids is 1. The lowest BCUT2D eigenvalue weighted by Crippen LogP contribution is -2.44. The molecule has 0 bridgehead atoms. The highest BCUT2D eigenvalue weighted by molar-refractivity contribution is 5.81. The largest absolute Gasteiger partial charge is 0.471 e. The predicted molar refractivity (Wildman–Crippen MR) is 50.2 cm³/mol. The second-order valence-electron chi connectivity index (χ2n) is 4.10. The summed E-state index contributed by atoms with van der Waals surface area (Å²) in [6.07, 6.45) is -0.513. The molecule has 0 aromatic heterocycles. The van der Waals surface area contributed by atoms with Crippen molar-refractivity contribution in [2.75, 3.05) is 0 Å². The molecule has 1 saturated carbocycles. The molecule has 1 fully saturated rings. The van der Waals surface area contributed by atoms with E-state index in [9.17, 15) is 18.0 Å². The fraction of sp³-hybridized carbons (Fsp3) is 0.900. The highest BCUT2D eigenvalue weighted by Gasteiger charge is 2.40. The number of rotatable bonds is 2. The van der Waals surface area contributed by atoms with Crippen molar-refractivity contribution in [1.29, 1.82) is 0 Å². The fourth-order valence-corrected chi connectivity index (χ4v) is 1.98. The van der Waals surface area contributed by atoms with E-state index in [4.69, 9.17) is 0 Å². The molecule has 15 heavy (non-hydrogen) atoms. The van der Waals surface area contributed by atoms with E-state index in [1.54, 1.807) is 0 Å². The first-order valence-corrected chi connectivity index (χ1v) is 5.31. The molecular weight excluding hydrogens is 207 g/mol. The van der Waals surface area contributed by atoms with Gasteiger partial charge < -0.3 is 5.32 Å². The number of halogens is 3. The lowest BCUT2D eigenvalue weighted by Gasteiger charge is -2.28. The molecule has 1 N–H and O–H groups in total. The molecular formula is C10H16F3NO. The van der Waals surface area contributed by atoms with Gasteiger partial charge in [0.1, 0.15) is 0 Å². The van der Waals surface area contributed by atoms with Crippen LogP contribution in [0, 0.1) is 5.92 Å². The Bertz CT molecular complexity index is 219. The van der Waals surface area contributed by atoms with Crippen LogP contribution in [0.2, 0.25) is 0 Å². The van der Waals surface area contributed by atoms with Crippen LogP contribution in [-0.4, -0.2) is 18.1 Å². The van der Waals surface area contributed by atoms with Crippen molar-refractivity contribution in [3.8, 4) is 0 Å². The van der Waals surface area contributed by atoms with Crippen LogP contribution >= 0.6 is 0 Å². The second kappa shape index (κ2) is 4.86. The summed E-state index contributed by atoms with van der Waals surface area (Å²) in [6.45, 7) is 2.08. The molecule has 0 spiro atoms. The maximum atomic E-state index is 11.9. The van der Waals surface area contributed by atoms with Gasteiger partial charge in [-0.05, 0) is 31.6 Å². The van der Waals surface area contributed by atoms with E-state index in [0.717, 1.165) is 19.3 Å². The van der Waals surface area contributed by atoms with Gasteiger partial charge in [0.05, 0.1) is 0 Å². The van der Waals surface area contributed by atoms with Crippen molar-refractivity contribution in [3.63, 3.8) is 0 Å². The summed E-state index contributed by atoms with van der Waals surface area (Å²) >= 11 is 0. The molecule has 1 rings (SSSR count). The van der Waals surface area contributed by atoms with Crippen LogP contribution in [0.5, 0.6) is 0 Å². The Labute approximate surface area is 87.2 Å². The molecule has 88 valence electrons. The summed E-state index contributed by atoms with van der Waals surface area (Å²) in [5.74, 6) is -1.19. The molecule has 0 aromatic rings. The Balaban J connectivity index is 2.33. The summed E-state index contributed by atoms with van der Waals surface area (Å²) < 4.78 is 35.8. The molecule has 0 aliphatic heterocycles. The number of hydrogen-bond acceptors (Lipinski definition) is 1. The van der Waals surface area contributed by atoms with E-state index in [1.807, 2.05) is 5.32 Å². The van der Waals surface area contributed by atoms with E-state index >= 15 is 0 Å². The summed E-state index contributed by atoms with van der Waals surface area (Å²) in [5, 5.41) is 2.04. The third-order valence-electron chi connectivity index (χ3n) is 3.02. The summed E-state index contributed by atoms with van der Waals surface area (Å²) in [5.41, 5.74) is 0. The Morgan fingerprint density at radius 2 is 1.80 bits per heavy atom. The summed E-state index contributed by atoms with van der Waals surface area (Å²) in [4.78, 5) is 10.6. The third kappa shape index (κ3) is 3.72. The van der Waals surface area contributed by atoms with Crippen molar-refractivity contribution >= 4 is 5.91 Å². The number of carbonyl (C=O) groups is 1. The molecule has 1 aliphatic rings. The number of hydrogen-bond donors (Lipinski definition) is 1. The molecule has 1 aliphatic carbocycles. The zero-order valence-corrected chi connectivity index (χ0v) is 8.73. The van der Waals surface area contributed by atoms with Crippen LogP contribution in [0.15, 0.2) is 0 Å². The average Bonchev–Trinajstić information content (AvgIpc) is 2.17. The molecule has 0 heterocycles. The smallest absolute Gasteiger partial charge is 0.346 e. The van der Waals surface area contributed by atoms with Gasteiger partial charge in [-0.3, -0.25) is 4.79 Å². The average molecular weight is 223 g/mol. The van der Waals surface area contributed by atoms with Crippen molar-refractivity contribution in [2.45, 2.75) is 51.2 Å². The highest BCUT2D eigenvalue weighted by Crippen LogP contribution is 2.27. The number of nitrogens with one attached hydrogen (secondary N) is 1. The maximum Gasteiger partial charge on any atom is 0.471 e. The van der Waals surface area contributed by atoms with Gasteiger partial charge in [-0.2, -0.15) is 13.2 Å². The monoisotopic (exact) mass is 223 g/mol. The second-order valence-corrected chi connectivity index (χ2v) is 4.10. The SMILES string of the molecule is CCC1CCC(NC(=O)C(F)(F)F)CC1. The normalized spacial score (nSPS) is 27.5. The Hall–Kier alpha value is -0.740. The molecule has 1 amide bonds. The van der Waals surface area contributed by atoms with E-state index in [1.165, 1.54) is 0 Å². The van der Waals surface area contributed by atoms with Gasteiger partial charge in [0, 0.05) is 6.04 Å². The zero-order chi connectivity index (χ0) is 11.5. The van der Waals surface area contributed by atoms with Crippen LogP contribution in [0.4, 0.5) is 13.2 Å². The Morgan fingerprint density at radius 1 is 1.27 bits per heavy atom. The minimum absolute atomic E-state index is 0.290. The van der Waals surface area contributed by atoms with Crippen LogP contribution in [0.1, 0.15) is 39.0 Å². The van der Waals surface area contributed by atoms with Crippen molar-refractivity contribution < 1.29 is 18.0 Å². The van der Waals surface area contributed by atoms with Gasteiger partial charge in [0.25, 0.3) is 0 Å². The fourth-order valence-electron chi connectivity index (χ4n) is 1.98. The standard InChI is InChI=1S/C10H16F3NO/c1-2-7-3-5-8(6-4-7)14-9(15)10(11,12)13/h7-8H,2-6H2,1H3,(H,14,15). The van der Waals surface area contributed by atoms with E-state index < -0.39 is 12.1 Å². The van der Waals surface area contributed by atoms with E-state index in [-0.39, 0.29) is 6.04 Å². The third-order valence-corrected chi connectivity index (χ3v) is 3.02. The van der Waals surface area contributed by atoms with Crippen LogP contribution < -0.4 is 5.32 Å². The van der Waals surface area contributed by atoms with Crippen molar-refractivity contribution in [1.82, 2.24) is 5.32 Å². The van der Waals surface area contributed by atoms with Gasteiger partial charge >= 0.3 is 12.1 Å². The molecule has 0 atom stereocenters. The van der Waals surface area contributed by atoms with Gasteiger partial charge in [-0.15, -0.1) is 0 Å². The summed E-state index contributed by atoms with van der Waals surface area (Å²) in [6, 6.07) is -0.290. The predicted octanol–water partition coefficient (Wildman–Crippen LogP) is 2.63. The maximum absolute atomic E-state index is 11.9. The first-order valence-electron chi connectivity index (χ1n) is 5.31. The van der Waals surface area contributed by atoms with Crippen molar-refractivity contribution in [2.24, 2.45) is 5.92 Å². The lowest BCUT2D eigenvalue weighted by molar-refractivity contribution is -0.174. The van der Waals surface area contributed by atoms with Gasteiger partial charge in [0.15, 0.2) is 0 Å². The zero-order valence-electron chi connectivity index (χ0n) is 8.73. The topological polar surface area (TPSA) is 29.1 Å². The van der Waals surface area contributed by atoms with Crippen LogP contribution in [-0.2, 0) is 4.79 Å². The van der Waals surface area contributed by atoms with Crippen LogP contribution in [0.25, 0.3) is 0 Å². The molecule has 0 saturated heterocycles. The summed E-state index contributed by atoms with van der Waals surface area (Å²) in [7, 11) is 0. The van der Waals surface area contributed by atoms with Gasteiger partial charge in [-0.1, -0.05) is 13.3 Å². The van der Waals surface area contributed by atoms with Gasteiger partial charge in [-0.25, -0.2) is 0 Å². The van der Waals surface area contributed by atoms with E-state index in [2.05, 4.69) is 6.92 Å². The number of alkyl halides is 3. The molecule has 0 unspecified atom stereocenters. The molecule has 0 radical (unpaired) electrons. The quantitative estimate of drug-likeness (QED) is 0.766. The minimum atomic E-state index is -4.75. The molecule has 2 nitrogen and oxygen atoms in total. The molecule has 5 heteroatoms. The first-order chi connectivity index (χ1) is 6.93. The Morgan fingerprint density at radius 3 is 2.20 bits per heavy atom. The minimum Gasteiger partial charge on any atom is -0.346 e. The first kappa shape index (κ1) is 12.3.